The number of aryl methyl sites for hydroxylation is 1. The van der Waals surface area contributed by atoms with Gasteiger partial charge in [0.25, 0.3) is 5.69 Å². The number of alkyl halides is 3. The monoisotopic (exact) mass is 550 g/mol. The van der Waals surface area contributed by atoms with Crippen molar-refractivity contribution in [2.24, 2.45) is 0 Å². The maximum Gasteiger partial charge on any atom is 0.423 e. The van der Waals surface area contributed by atoms with Gasteiger partial charge in [-0.05, 0) is 56.1 Å². The van der Waals surface area contributed by atoms with E-state index >= 15 is 0 Å². The first-order valence-corrected chi connectivity index (χ1v) is 13.3. The summed E-state index contributed by atoms with van der Waals surface area (Å²) in [5.41, 5.74) is 0.289. The molecule has 0 amide bonds. The molecular formula is C27H33F3N4O3S. The van der Waals surface area contributed by atoms with E-state index in [1.165, 1.54) is 17.3 Å². The van der Waals surface area contributed by atoms with Crippen molar-refractivity contribution in [2.75, 3.05) is 50.7 Å². The highest BCUT2D eigenvalue weighted by Gasteiger charge is 2.39. The fourth-order valence-corrected chi connectivity index (χ4v) is 5.38. The van der Waals surface area contributed by atoms with Gasteiger partial charge in [-0.15, -0.1) is 0 Å². The maximum absolute atomic E-state index is 13.2. The molecule has 0 atom stereocenters. The van der Waals surface area contributed by atoms with Crippen molar-refractivity contribution in [3.63, 3.8) is 0 Å². The predicted octanol–water partition coefficient (Wildman–Crippen LogP) is 5.70. The molecule has 0 radical (unpaired) electrons. The smallest absolute Gasteiger partial charge is 0.423 e. The Hall–Kier alpha value is -2.92. The summed E-state index contributed by atoms with van der Waals surface area (Å²) in [5.74, 6) is -0.00792. The van der Waals surface area contributed by atoms with Gasteiger partial charge in [0.15, 0.2) is 0 Å². The number of halogens is 3. The molecule has 11 heteroatoms. The molecule has 0 N–H and O–H groups in total. The quantitative estimate of drug-likeness (QED) is 0.238. The molecule has 0 spiro atoms. The number of hydrogen-bond acceptors (Lipinski definition) is 6. The van der Waals surface area contributed by atoms with Gasteiger partial charge in [-0.25, -0.2) is 0 Å². The molecule has 2 aromatic rings. The number of piperidine rings is 1. The van der Waals surface area contributed by atoms with E-state index in [0.29, 0.717) is 25.9 Å². The van der Waals surface area contributed by atoms with Crippen LogP contribution in [0.2, 0.25) is 0 Å². The second-order valence-corrected chi connectivity index (χ2v) is 10.4. The van der Waals surface area contributed by atoms with Crippen LogP contribution in [0.4, 0.5) is 24.5 Å². The molecule has 2 aromatic carbocycles. The summed E-state index contributed by atoms with van der Waals surface area (Å²) in [5, 5.41) is 11.0. The first kappa shape index (κ1) is 28.1. The lowest BCUT2D eigenvalue weighted by molar-refractivity contribution is -0.388. The lowest BCUT2D eigenvalue weighted by Gasteiger charge is -2.37. The summed E-state index contributed by atoms with van der Waals surface area (Å²) >= 11 is 5.67. The normalized spacial score (nSPS) is 17.5. The number of nitro benzene ring substituents is 1. The first-order chi connectivity index (χ1) is 18.1. The Labute approximate surface area is 226 Å². The molecule has 38 heavy (non-hydrogen) atoms. The standard InChI is InChI=1S/C27H33F3N4O3S/c1-20-4-2-5-21(18-20)32-16-14-31(15-17-32)11-3-6-26(38)33-12-9-22(10-13-33)37-23-7-8-25(34(35)36)24(19-23)27(28,29)30/h2,4-5,7-8,18-19,22H,3,6,9-17H2,1H3. The number of nitro groups is 1. The fourth-order valence-electron chi connectivity index (χ4n) is 5.06. The SMILES string of the molecule is Cc1cccc(N2CCN(CCCC(=S)N3CCC(Oc4ccc([N+](=O)[O-])c(C(F)(F)F)c4)CC3)CC2)c1. The van der Waals surface area contributed by atoms with Gasteiger partial charge in [0.2, 0.25) is 0 Å². The molecular weight excluding hydrogens is 517 g/mol. The molecule has 206 valence electrons. The predicted molar refractivity (Wildman–Crippen MR) is 145 cm³/mol. The van der Waals surface area contributed by atoms with Gasteiger partial charge in [-0.3, -0.25) is 15.0 Å². The van der Waals surface area contributed by atoms with Crippen molar-refractivity contribution in [3.05, 3.63) is 63.7 Å². The Kier molecular flexibility index (Phi) is 9.09. The Morgan fingerprint density at radius 2 is 1.79 bits per heavy atom. The molecule has 2 heterocycles. The number of nitrogens with zero attached hydrogens (tertiary/aromatic N) is 4. The highest BCUT2D eigenvalue weighted by atomic mass is 32.1. The first-order valence-electron chi connectivity index (χ1n) is 12.9. The van der Waals surface area contributed by atoms with E-state index in [0.717, 1.165) is 62.7 Å². The average Bonchev–Trinajstić information content (AvgIpc) is 2.89. The number of anilines is 1. The van der Waals surface area contributed by atoms with Crippen LogP contribution in [0.1, 0.15) is 36.8 Å². The third kappa shape index (κ3) is 7.35. The van der Waals surface area contributed by atoms with Crippen LogP contribution >= 0.6 is 12.2 Å². The lowest BCUT2D eigenvalue weighted by Crippen LogP contribution is -2.47. The zero-order valence-corrected chi connectivity index (χ0v) is 22.3. The zero-order valence-electron chi connectivity index (χ0n) is 21.5. The van der Waals surface area contributed by atoms with Crippen LogP contribution in [0.15, 0.2) is 42.5 Å². The van der Waals surface area contributed by atoms with E-state index in [4.69, 9.17) is 17.0 Å². The minimum Gasteiger partial charge on any atom is -0.490 e. The molecule has 2 aliphatic rings. The third-order valence-corrected chi connectivity index (χ3v) is 7.63. The highest BCUT2D eigenvalue weighted by molar-refractivity contribution is 7.80. The second-order valence-electron chi connectivity index (χ2n) is 9.90. The molecule has 0 aromatic heterocycles. The van der Waals surface area contributed by atoms with Gasteiger partial charge in [0, 0.05) is 63.9 Å². The summed E-state index contributed by atoms with van der Waals surface area (Å²) in [6.45, 7) is 8.56. The summed E-state index contributed by atoms with van der Waals surface area (Å²) in [6, 6.07) is 11.4. The van der Waals surface area contributed by atoms with Gasteiger partial charge in [0.1, 0.15) is 17.4 Å². The molecule has 4 rings (SSSR count). The number of likely N-dealkylation sites (tertiary alicyclic amines) is 1. The minimum atomic E-state index is -4.83. The van der Waals surface area contributed by atoms with E-state index in [-0.39, 0.29) is 11.9 Å². The Morgan fingerprint density at radius 3 is 2.42 bits per heavy atom. The van der Waals surface area contributed by atoms with Crippen LogP contribution in [0.5, 0.6) is 5.75 Å². The van der Waals surface area contributed by atoms with Crippen molar-refractivity contribution in [2.45, 2.75) is 44.9 Å². The molecule has 2 fully saturated rings. The second kappa shape index (κ2) is 12.3. The zero-order chi connectivity index (χ0) is 27.3. The van der Waals surface area contributed by atoms with Crippen molar-refractivity contribution in [1.82, 2.24) is 9.80 Å². The summed E-state index contributed by atoms with van der Waals surface area (Å²) < 4.78 is 45.5. The molecule has 2 saturated heterocycles. The van der Waals surface area contributed by atoms with Crippen molar-refractivity contribution < 1.29 is 22.8 Å². The van der Waals surface area contributed by atoms with Gasteiger partial charge in [-0.2, -0.15) is 13.2 Å². The summed E-state index contributed by atoms with van der Waals surface area (Å²) in [4.78, 5) is 17.9. The topological polar surface area (TPSA) is 62.1 Å². The van der Waals surface area contributed by atoms with Gasteiger partial charge in [0.05, 0.1) is 9.91 Å². The van der Waals surface area contributed by atoms with E-state index in [9.17, 15) is 23.3 Å². The number of ether oxygens (including phenoxy) is 1. The minimum absolute atomic E-state index is 0.00792. The molecule has 7 nitrogen and oxygen atoms in total. The number of piperazine rings is 1. The summed E-state index contributed by atoms with van der Waals surface area (Å²) in [6.07, 6.45) is -2.02. The Morgan fingerprint density at radius 1 is 1.08 bits per heavy atom. The largest absolute Gasteiger partial charge is 0.490 e. The van der Waals surface area contributed by atoms with E-state index in [2.05, 4.69) is 45.9 Å². The molecule has 0 saturated carbocycles. The van der Waals surface area contributed by atoms with E-state index in [1.54, 1.807) is 0 Å². The molecule has 0 aliphatic carbocycles. The van der Waals surface area contributed by atoms with Gasteiger partial charge >= 0.3 is 6.18 Å². The Balaban J connectivity index is 1.17. The van der Waals surface area contributed by atoms with Crippen LogP contribution in [0.3, 0.4) is 0 Å². The third-order valence-electron chi connectivity index (χ3n) is 7.17. The van der Waals surface area contributed by atoms with Crippen LogP contribution in [-0.2, 0) is 6.18 Å². The number of hydrogen-bond donors (Lipinski definition) is 0. The molecule has 0 bridgehead atoms. The van der Waals surface area contributed by atoms with Crippen LogP contribution < -0.4 is 9.64 Å². The number of thiocarbonyl (C=S) groups is 1. The molecule has 2 aliphatic heterocycles. The lowest BCUT2D eigenvalue weighted by atomic mass is 10.1. The van der Waals surface area contributed by atoms with E-state index in [1.807, 2.05) is 0 Å². The number of benzene rings is 2. The average molecular weight is 551 g/mol. The molecule has 0 unspecified atom stereocenters. The van der Waals surface area contributed by atoms with Crippen molar-refractivity contribution in [3.8, 4) is 5.75 Å². The summed E-state index contributed by atoms with van der Waals surface area (Å²) in [7, 11) is 0. The van der Waals surface area contributed by atoms with Gasteiger partial charge < -0.3 is 14.5 Å². The maximum atomic E-state index is 13.2. The van der Waals surface area contributed by atoms with Gasteiger partial charge in [-0.1, -0.05) is 24.4 Å². The fraction of sp³-hybridized carbons (Fsp3) is 0.519. The van der Waals surface area contributed by atoms with Crippen LogP contribution in [-0.4, -0.2) is 71.6 Å². The number of rotatable bonds is 8. The van der Waals surface area contributed by atoms with Crippen LogP contribution in [0.25, 0.3) is 0 Å². The van der Waals surface area contributed by atoms with E-state index < -0.39 is 22.4 Å². The Bertz CT molecular complexity index is 1130. The van der Waals surface area contributed by atoms with Crippen molar-refractivity contribution in [1.29, 1.82) is 0 Å². The van der Waals surface area contributed by atoms with Crippen molar-refractivity contribution >= 4 is 28.6 Å². The highest BCUT2D eigenvalue weighted by Crippen LogP contribution is 2.38. The van der Waals surface area contributed by atoms with Crippen LogP contribution in [0, 0.1) is 17.0 Å².